The molecule has 1 aromatic carbocycles. The summed E-state index contributed by atoms with van der Waals surface area (Å²) in [6, 6.07) is 7.84. The zero-order valence-corrected chi connectivity index (χ0v) is 17.0. The lowest BCUT2D eigenvalue weighted by molar-refractivity contribution is -0.131. The van der Waals surface area contributed by atoms with Crippen LogP contribution in [-0.2, 0) is 14.4 Å². The highest BCUT2D eigenvalue weighted by molar-refractivity contribution is 5.89. The maximum atomic E-state index is 12.6. The minimum Gasteiger partial charge on any atom is -0.483 e. The number of rotatable bonds is 7. The van der Waals surface area contributed by atoms with Crippen molar-refractivity contribution in [2.75, 3.05) is 0 Å². The Morgan fingerprint density at radius 1 is 1.10 bits per heavy atom. The smallest absolute Gasteiger partial charge is 0.290 e. The van der Waals surface area contributed by atoms with Crippen molar-refractivity contribution >= 4 is 18.3 Å². The van der Waals surface area contributed by atoms with E-state index in [9.17, 15) is 9.59 Å². The van der Waals surface area contributed by atoms with E-state index in [4.69, 9.17) is 20.1 Å². The van der Waals surface area contributed by atoms with Crippen molar-refractivity contribution in [3.8, 4) is 11.3 Å². The molecule has 0 aliphatic carbocycles. The van der Waals surface area contributed by atoms with Crippen molar-refractivity contribution in [1.82, 2.24) is 15.6 Å². The third-order valence-corrected chi connectivity index (χ3v) is 3.98. The molecule has 9 heteroatoms. The lowest BCUT2D eigenvalue weighted by atomic mass is 10.0. The van der Waals surface area contributed by atoms with Gasteiger partial charge in [0.1, 0.15) is 24.0 Å². The number of benzene rings is 1. The maximum absolute atomic E-state index is 12.6. The van der Waals surface area contributed by atoms with Gasteiger partial charge >= 0.3 is 0 Å². The number of nitrogens with zero attached hydrogens (tertiary/aromatic N) is 1. The molecule has 1 heterocycles. The molecule has 0 aliphatic heterocycles. The van der Waals surface area contributed by atoms with Gasteiger partial charge in [-0.1, -0.05) is 44.2 Å². The van der Waals surface area contributed by atoms with E-state index < -0.39 is 18.1 Å². The van der Waals surface area contributed by atoms with Crippen molar-refractivity contribution in [1.29, 1.82) is 0 Å². The highest BCUT2D eigenvalue weighted by Crippen LogP contribution is 2.21. The number of hydrogen-bond donors (Lipinski definition) is 4. The number of aromatic nitrogens is 1. The van der Waals surface area contributed by atoms with Crippen LogP contribution in [-0.4, -0.2) is 40.5 Å². The zero-order valence-electron chi connectivity index (χ0n) is 17.0. The van der Waals surface area contributed by atoms with Gasteiger partial charge in [0.15, 0.2) is 0 Å². The summed E-state index contributed by atoms with van der Waals surface area (Å²) in [6.07, 6.45) is 1.56. The highest BCUT2D eigenvalue weighted by atomic mass is 16.3. The second-order valence-electron chi connectivity index (χ2n) is 6.79. The molecule has 0 unspecified atom stereocenters. The largest absolute Gasteiger partial charge is 0.483 e. The molecule has 0 aliphatic rings. The Morgan fingerprint density at radius 3 is 2.21 bits per heavy atom. The molecule has 0 radical (unpaired) electrons. The fraction of sp³-hybridized carbons (Fsp3) is 0.400. The summed E-state index contributed by atoms with van der Waals surface area (Å²) in [6.45, 7) is 6.82. The Labute approximate surface area is 169 Å². The predicted molar refractivity (Wildman–Crippen MR) is 108 cm³/mol. The van der Waals surface area contributed by atoms with Crippen molar-refractivity contribution in [2.24, 2.45) is 11.7 Å². The van der Waals surface area contributed by atoms with Crippen LogP contribution >= 0.6 is 0 Å². The van der Waals surface area contributed by atoms with Gasteiger partial charge in [0, 0.05) is 5.56 Å². The number of oxazole rings is 1. The van der Waals surface area contributed by atoms with Crippen LogP contribution < -0.4 is 16.4 Å². The number of carbonyl (C=O) groups excluding carboxylic acids is 2. The van der Waals surface area contributed by atoms with E-state index in [1.165, 1.54) is 0 Å². The van der Waals surface area contributed by atoms with E-state index >= 15 is 0 Å². The number of amides is 2. The summed E-state index contributed by atoms with van der Waals surface area (Å²) < 4.78 is 5.51. The van der Waals surface area contributed by atoms with E-state index in [1.807, 2.05) is 44.2 Å². The average Bonchev–Trinajstić information content (AvgIpc) is 3.17. The summed E-state index contributed by atoms with van der Waals surface area (Å²) >= 11 is 0. The van der Waals surface area contributed by atoms with Crippen LogP contribution in [0, 0.1) is 5.92 Å². The molecule has 0 spiro atoms. The van der Waals surface area contributed by atoms with E-state index in [2.05, 4.69) is 15.6 Å². The molecule has 2 rings (SSSR count). The minimum absolute atomic E-state index is 0.0886. The first-order chi connectivity index (χ1) is 13.7. The van der Waals surface area contributed by atoms with Crippen molar-refractivity contribution < 1.29 is 23.9 Å². The highest BCUT2D eigenvalue weighted by Gasteiger charge is 2.27. The Morgan fingerprint density at radius 2 is 1.69 bits per heavy atom. The first-order valence-corrected chi connectivity index (χ1v) is 9.16. The Bertz CT molecular complexity index is 789. The first-order valence-electron chi connectivity index (χ1n) is 9.16. The van der Waals surface area contributed by atoms with Gasteiger partial charge in [0.05, 0.1) is 6.04 Å². The third-order valence-electron chi connectivity index (χ3n) is 3.98. The molecular weight excluding hydrogens is 376 g/mol. The zero-order chi connectivity index (χ0) is 22.0. The Hall–Kier alpha value is -3.20. The maximum Gasteiger partial charge on any atom is 0.290 e. The van der Waals surface area contributed by atoms with Crippen LogP contribution in [0.3, 0.4) is 0 Å². The van der Waals surface area contributed by atoms with Crippen LogP contribution in [0.25, 0.3) is 11.3 Å². The van der Waals surface area contributed by atoms with E-state index in [0.29, 0.717) is 11.6 Å². The van der Waals surface area contributed by atoms with E-state index in [1.54, 1.807) is 20.1 Å². The van der Waals surface area contributed by atoms with Crippen molar-refractivity contribution in [2.45, 2.75) is 45.8 Å². The molecule has 9 nitrogen and oxygen atoms in total. The Kier molecular flexibility index (Phi) is 9.54. The average molecular weight is 404 g/mol. The normalized spacial score (nSPS) is 13.4. The number of hydrogen-bond acceptors (Lipinski definition) is 6. The second kappa shape index (κ2) is 11.6. The minimum atomic E-state index is -0.681. The van der Waals surface area contributed by atoms with Gasteiger partial charge in [-0.3, -0.25) is 14.4 Å². The molecule has 2 amide bonds. The summed E-state index contributed by atoms with van der Waals surface area (Å²) in [7, 11) is 0. The molecule has 2 aromatic rings. The molecule has 3 atom stereocenters. The van der Waals surface area contributed by atoms with Gasteiger partial charge in [0.25, 0.3) is 6.47 Å². The van der Waals surface area contributed by atoms with E-state index in [0.717, 1.165) is 5.56 Å². The fourth-order valence-electron chi connectivity index (χ4n) is 2.41. The molecule has 0 saturated heterocycles. The second-order valence-corrected chi connectivity index (χ2v) is 6.79. The SMILES string of the molecule is CC(C)[C@H](NC(=O)[C@H](C)N)C(=O)N[C@@H](C)c1nc(-c2ccccc2)co1.O=CO. The van der Waals surface area contributed by atoms with E-state index in [-0.39, 0.29) is 24.2 Å². The number of carbonyl (C=O) groups is 3. The molecule has 5 N–H and O–H groups in total. The summed E-state index contributed by atoms with van der Waals surface area (Å²) in [5, 5.41) is 12.4. The molecule has 0 saturated carbocycles. The Balaban J connectivity index is 0.00000132. The van der Waals surface area contributed by atoms with Crippen LogP contribution in [0.1, 0.15) is 39.6 Å². The molecule has 1 aromatic heterocycles. The van der Waals surface area contributed by atoms with Crippen LogP contribution in [0.4, 0.5) is 0 Å². The molecule has 0 bridgehead atoms. The number of nitrogens with one attached hydrogen (secondary N) is 2. The van der Waals surface area contributed by atoms with Gasteiger partial charge in [-0.15, -0.1) is 0 Å². The predicted octanol–water partition coefficient (Wildman–Crippen LogP) is 1.71. The summed E-state index contributed by atoms with van der Waals surface area (Å²) in [5.74, 6) is -0.359. The van der Waals surface area contributed by atoms with Gasteiger partial charge in [-0.05, 0) is 19.8 Å². The van der Waals surface area contributed by atoms with Crippen molar-refractivity contribution in [3.05, 3.63) is 42.5 Å². The topological polar surface area (TPSA) is 148 Å². The van der Waals surface area contributed by atoms with Gasteiger partial charge < -0.3 is 25.9 Å². The quantitative estimate of drug-likeness (QED) is 0.513. The number of nitrogens with two attached hydrogens (primary N) is 1. The third kappa shape index (κ3) is 7.38. The lowest BCUT2D eigenvalue weighted by Crippen LogP contribution is -2.53. The molecular formula is C20H28N4O5. The van der Waals surface area contributed by atoms with Crippen LogP contribution in [0.2, 0.25) is 0 Å². The van der Waals surface area contributed by atoms with Gasteiger partial charge in [-0.2, -0.15) is 0 Å². The van der Waals surface area contributed by atoms with Crippen LogP contribution in [0.15, 0.2) is 41.0 Å². The standard InChI is InChI=1S/C19H26N4O3.CH2O2/c1-11(2)16(23-17(24)12(3)20)18(25)21-13(4)19-22-15(10-26-19)14-8-6-5-7-9-14;2-1-3/h5-13,16H,20H2,1-4H3,(H,21,25)(H,23,24);1H,(H,2,3)/t12-,13-,16-;/m0./s1. The molecule has 29 heavy (non-hydrogen) atoms. The van der Waals surface area contributed by atoms with Crippen LogP contribution in [0.5, 0.6) is 0 Å². The van der Waals surface area contributed by atoms with Crippen molar-refractivity contribution in [3.63, 3.8) is 0 Å². The van der Waals surface area contributed by atoms with Gasteiger partial charge in [-0.25, -0.2) is 4.98 Å². The monoisotopic (exact) mass is 404 g/mol. The van der Waals surface area contributed by atoms with Gasteiger partial charge in [0.2, 0.25) is 17.7 Å². The lowest BCUT2D eigenvalue weighted by Gasteiger charge is -2.24. The summed E-state index contributed by atoms with van der Waals surface area (Å²) in [5.41, 5.74) is 7.20. The summed E-state index contributed by atoms with van der Waals surface area (Å²) in [4.78, 5) is 37.2. The fourth-order valence-corrected chi connectivity index (χ4v) is 2.41. The molecule has 158 valence electrons. The number of carboxylic acid groups (broad SMARTS) is 1. The molecule has 0 fully saturated rings. The first kappa shape index (κ1) is 23.8.